The van der Waals surface area contributed by atoms with Crippen molar-refractivity contribution < 1.29 is 22.7 Å². The van der Waals surface area contributed by atoms with Gasteiger partial charge in [-0.05, 0) is 76.1 Å². The van der Waals surface area contributed by atoms with Gasteiger partial charge in [0.2, 0.25) is 11.8 Å². The van der Waals surface area contributed by atoms with Crippen LogP contribution in [0.25, 0.3) is 0 Å². The average molecular weight is 566 g/mol. The normalized spacial score (nSPS) is 12.7. The zero-order valence-electron chi connectivity index (χ0n) is 23.8. The van der Waals surface area contributed by atoms with Gasteiger partial charge in [0.05, 0.1) is 17.2 Å². The number of nitrogens with one attached hydrogen (secondary N) is 1. The van der Waals surface area contributed by atoms with Gasteiger partial charge in [0.1, 0.15) is 18.3 Å². The summed E-state index contributed by atoms with van der Waals surface area (Å²) in [6, 6.07) is 21.5. The number of aryl methyl sites for hydroxylation is 1. The Morgan fingerprint density at radius 3 is 2.10 bits per heavy atom. The SMILES string of the molecule is CCOc1ccc(S(=O)(=O)N(CC(=O)N(Cc2ccccc2)[C@@H](C)C(=O)N[C@H](C)CC)c2ccc(C)cc2)cc1. The summed E-state index contributed by atoms with van der Waals surface area (Å²) in [7, 11) is -4.14. The fraction of sp³-hybridized carbons (Fsp3) is 0.355. The minimum absolute atomic E-state index is 0.0292. The van der Waals surface area contributed by atoms with Crippen LogP contribution in [-0.4, -0.2) is 50.4 Å². The van der Waals surface area contributed by atoms with Gasteiger partial charge in [-0.3, -0.25) is 13.9 Å². The highest BCUT2D eigenvalue weighted by atomic mass is 32.2. The van der Waals surface area contributed by atoms with Crippen LogP contribution in [0.4, 0.5) is 5.69 Å². The number of ether oxygens (including phenoxy) is 1. The third-order valence-corrected chi connectivity index (χ3v) is 8.48. The Morgan fingerprint density at radius 2 is 1.52 bits per heavy atom. The minimum Gasteiger partial charge on any atom is -0.494 e. The van der Waals surface area contributed by atoms with E-state index < -0.39 is 28.5 Å². The maximum Gasteiger partial charge on any atom is 0.264 e. The monoisotopic (exact) mass is 565 g/mol. The molecule has 3 aromatic carbocycles. The number of nitrogens with zero attached hydrogens (tertiary/aromatic N) is 2. The van der Waals surface area contributed by atoms with Crippen molar-refractivity contribution in [2.24, 2.45) is 0 Å². The summed E-state index contributed by atoms with van der Waals surface area (Å²) in [4.78, 5) is 28.5. The predicted molar refractivity (Wildman–Crippen MR) is 158 cm³/mol. The maximum atomic E-state index is 13.9. The van der Waals surface area contributed by atoms with Crippen LogP contribution >= 0.6 is 0 Å². The molecule has 2 amide bonds. The van der Waals surface area contributed by atoms with Crippen molar-refractivity contribution in [2.75, 3.05) is 17.5 Å². The lowest BCUT2D eigenvalue weighted by Crippen LogP contribution is -2.52. The number of hydrogen-bond acceptors (Lipinski definition) is 5. The first kappa shape index (κ1) is 30.7. The highest BCUT2D eigenvalue weighted by Gasteiger charge is 2.32. The second-order valence-corrected chi connectivity index (χ2v) is 11.6. The summed E-state index contributed by atoms with van der Waals surface area (Å²) in [5.41, 5.74) is 2.13. The summed E-state index contributed by atoms with van der Waals surface area (Å²) in [6.45, 7) is 9.41. The highest BCUT2D eigenvalue weighted by molar-refractivity contribution is 7.92. The van der Waals surface area contributed by atoms with E-state index in [1.807, 2.05) is 58.0 Å². The van der Waals surface area contributed by atoms with Crippen LogP contribution in [-0.2, 0) is 26.2 Å². The Kier molecular flexibility index (Phi) is 10.7. The molecule has 9 heteroatoms. The van der Waals surface area contributed by atoms with Gasteiger partial charge in [0, 0.05) is 12.6 Å². The molecule has 8 nitrogen and oxygen atoms in total. The van der Waals surface area contributed by atoms with Crippen molar-refractivity contribution in [1.82, 2.24) is 10.2 Å². The molecule has 0 radical (unpaired) electrons. The molecule has 0 unspecified atom stereocenters. The highest BCUT2D eigenvalue weighted by Crippen LogP contribution is 2.26. The Labute approximate surface area is 238 Å². The molecule has 0 bridgehead atoms. The summed E-state index contributed by atoms with van der Waals surface area (Å²) < 4.78 is 34.4. The molecule has 0 fully saturated rings. The van der Waals surface area contributed by atoms with Crippen LogP contribution in [0.15, 0.2) is 83.8 Å². The molecule has 2 atom stereocenters. The van der Waals surface area contributed by atoms with E-state index in [0.717, 1.165) is 21.9 Å². The van der Waals surface area contributed by atoms with E-state index in [0.29, 0.717) is 18.0 Å². The standard InChI is InChI=1S/C31H39N3O5S/c1-6-24(4)32-31(36)25(5)33(21-26-11-9-8-10-12-26)30(35)22-34(27-15-13-23(3)14-16-27)40(37,38)29-19-17-28(18-20-29)39-7-2/h8-20,24-25H,6-7,21-22H2,1-5H3,(H,32,36)/t24-,25+/m1/s1. The van der Waals surface area contributed by atoms with Gasteiger partial charge in [0.15, 0.2) is 0 Å². The lowest BCUT2D eigenvalue weighted by Gasteiger charge is -2.32. The zero-order valence-corrected chi connectivity index (χ0v) is 24.6. The average Bonchev–Trinajstić information content (AvgIpc) is 2.95. The lowest BCUT2D eigenvalue weighted by atomic mass is 10.1. The quantitative estimate of drug-likeness (QED) is 0.317. The third kappa shape index (κ3) is 7.85. The summed E-state index contributed by atoms with van der Waals surface area (Å²) in [5, 5.41) is 2.94. The van der Waals surface area contributed by atoms with Crippen molar-refractivity contribution in [3.63, 3.8) is 0 Å². The first-order chi connectivity index (χ1) is 19.1. The number of benzene rings is 3. The molecule has 3 aromatic rings. The van der Waals surface area contributed by atoms with Gasteiger partial charge in [0.25, 0.3) is 10.0 Å². The molecular weight excluding hydrogens is 526 g/mol. The number of carbonyl (C=O) groups is 2. The van der Waals surface area contributed by atoms with Crippen molar-refractivity contribution in [1.29, 1.82) is 0 Å². The Bertz CT molecular complexity index is 1360. The summed E-state index contributed by atoms with van der Waals surface area (Å²) in [5.74, 6) is -0.241. The number of anilines is 1. The van der Waals surface area contributed by atoms with E-state index in [2.05, 4.69) is 5.32 Å². The van der Waals surface area contributed by atoms with E-state index in [-0.39, 0.29) is 23.4 Å². The lowest BCUT2D eigenvalue weighted by molar-refractivity contribution is -0.139. The Morgan fingerprint density at radius 1 is 0.900 bits per heavy atom. The van der Waals surface area contributed by atoms with Crippen LogP contribution < -0.4 is 14.4 Å². The number of carbonyl (C=O) groups excluding carboxylic acids is 2. The molecule has 0 aliphatic heterocycles. The van der Waals surface area contributed by atoms with Crippen LogP contribution in [0, 0.1) is 6.92 Å². The molecular formula is C31H39N3O5S. The zero-order chi connectivity index (χ0) is 29.3. The Hall–Kier alpha value is -3.85. The Balaban J connectivity index is 2.00. The van der Waals surface area contributed by atoms with E-state index in [1.165, 1.54) is 17.0 Å². The third-order valence-electron chi connectivity index (χ3n) is 6.69. The first-order valence-electron chi connectivity index (χ1n) is 13.5. The van der Waals surface area contributed by atoms with E-state index >= 15 is 0 Å². The number of sulfonamides is 1. The largest absolute Gasteiger partial charge is 0.494 e. The molecule has 0 aliphatic carbocycles. The smallest absolute Gasteiger partial charge is 0.264 e. The van der Waals surface area contributed by atoms with E-state index in [4.69, 9.17) is 4.74 Å². The molecule has 214 valence electrons. The van der Waals surface area contributed by atoms with Gasteiger partial charge in [-0.15, -0.1) is 0 Å². The van der Waals surface area contributed by atoms with Crippen LogP contribution in [0.1, 0.15) is 45.2 Å². The number of rotatable bonds is 13. The van der Waals surface area contributed by atoms with Crippen molar-refractivity contribution in [3.05, 3.63) is 90.0 Å². The van der Waals surface area contributed by atoms with Crippen LogP contribution in [0.2, 0.25) is 0 Å². The molecule has 3 rings (SSSR count). The second kappa shape index (κ2) is 14.0. The van der Waals surface area contributed by atoms with Gasteiger partial charge in [-0.25, -0.2) is 8.42 Å². The van der Waals surface area contributed by atoms with Crippen LogP contribution in [0.3, 0.4) is 0 Å². The summed E-state index contributed by atoms with van der Waals surface area (Å²) >= 11 is 0. The molecule has 0 aromatic heterocycles. The van der Waals surface area contributed by atoms with Gasteiger partial charge >= 0.3 is 0 Å². The topological polar surface area (TPSA) is 96.0 Å². The van der Waals surface area contributed by atoms with Crippen LogP contribution in [0.5, 0.6) is 5.75 Å². The second-order valence-electron chi connectivity index (χ2n) is 9.75. The molecule has 40 heavy (non-hydrogen) atoms. The maximum absolute atomic E-state index is 13.9. The predicted octanol–water partition coefficient (Wildman–Crippen LogP) is 4.92. The summed E-state index contributed by atoms with van der Waals surface area (Å²) in [6.07, 6.45) is 0.743. The van der Waals surface area contributed by atoms with E-state index in [9.17, 15) is 18.0 Å². The number of hydrogen-bond donors (Lipinski definition) is 1. The molecule has 0 aliphatic rings. The van der Waals surface area contributed by atoms with Crippen molar-refractivity contribution >= 4 is 27.5 Å². The van der Waals surface area contributed by atoms with Gasteiger partial charge in [-0.2, -0.15) is 0 Å². The fourth-order valence-electron chi connectivity index (χ4n) is 4.07. The first-order valence-corrected chi connectivity index (χ1v) is 15.0. The van der Waals surface area contributed by atoms with Crippen molar-refractivity contribution in [2.45, 2.75) is 64.6 Å². The molecule has 0 spiro atoms. The molecule has 0 heterocycles. The fourth-order valence-corrected chi connectivity index (χ4v) is 5.48. The number of amides is 2. The molecule has 0 saturated carbocycles. The van der Waals surface area contributed by atoms with Gasteiger partial charge in [-0.1, -0.05) is 55.0 Å². The molecule has 1 N–H and O–H groups in total. The van der Waals surface area contributed by atoms with Crippen molar-refractivity contribution in [3.8, 4) is 5.75 Å². The molecule has 0 saturated heterocycles. The van der Waals surface area contributed by atoms with E-state index in [1.54, 1.807) is 43.3 Å². The van der Waals surface area contributed by atoms with Gasteiger partial charge < -0.3 is 15.0 Å². The minimum atomic E-state index is -4.14.